The molecule has 0 saturated carbocycles. The van der Waals surface area contributed by atoms with Crippen LogP contribution in [0.2, 0.25) is 0 Å². The fourth-order valence-corrected chi connectivity index (χ4v) is 3.76. The van der Waals surface area contributed by atoms with Crippen LogP contribution in [-0.2, 0) is 11.2 Å². The molecule has 0 N–H and O–H groups in total. The Kier molecular flexibility index (Phi) is 5.76. The zero-order chi connectivity index (χ0) is 18.7. The molecule has 2 aromatic rings. The number of aryl methyl sites for hydroxylation is 1. The van der Waals surface area contributed by atoms with Crippen molar-refractivity contribution in [2.24, 2.45) is 0 Å². The quantitative estimate of drug-likeness (QED) is 0.668. The molecule has 1 aliphatic rings. The van der Waals surface area contributed by atoms with Crippen LogP contribution in [0.3, 0.4) is 0 Å². The monoisotopic (exact) mass is 418 g/mol. The highest BCUT2D eigenvalue weighted by Crippen LogP contribution is 2.28. The van der Waals surface area contributed by atoms with Crippen LogP contribution in [-0.4, -0.2) is 48.1 Å². The van der Waals surface area contributed by atoms with Gasteiger partial charge in [0, 0.05) is 37.2 Å². The van der Waals surface area contributed by atoms with Crippen LogP contribution < -0.4 is 4.90 Å². The van der Waals surface area contributed by atoms with E-state index in [1.807, 2.05) is 25.7 Å². The molecule has 0 aromatic heterocycles. The summed E-state index contributed by atoms with van der Waals surface area (Å²) < 4.78 is 5.49. The molecular formula is C21H27BrN2O2. The molecule has 1 amide bonds. The van der Waals surface area contributed by atoms with E-state index in [1.54, 1.807) is 0 Å². The number of amides is 1. The van der Waals surface area contributed by atoms with Gasteiger partial charge in [0.2, 0.25) is 0 Å². The molecule has 1 heterocycles. The molecule has 4 nitrogen and oxygen atoms in total. The van der Waals surface area contributed by atoms with Gasteiger partial charge in [0.15, 0.2) is 0 Å². The minimum absolute atomic E-state index is 0.212. The van der Waals surface area contributed by atoms with Crippen molar-refractivity contribution >= 4 is 38.5 Å². The van der Waals surface area contributed by atoms with Gasteiger partial charge in [0.1, 0.15) is 5.60 Å². The lowest BCUT2D eigenvalue weighted by Crippen LogP contribution is -2.50. The van der Waals surface area contributed by atoms with Crippen LogP contribution in [0.1, 0.15) is 26.3 Å². The number of carbonyl (C=O) groups excluding carboxylic acids is 1. The van der Waals surface area contributed by atoms with Crippen molar-refractivity contribution in [1.82, 2.24) is 4.90 Å². The summed E-state index contributed by atoms with van der Waals surface area (Å²) in [4.78, 5) is 16.4. The van der Waals surface area contributed by atoms with E-state index in [4.69, 9.17) is 4.74 Å². The maximum Gasteiger partial charge on any atom is 0.410 e. The molecule has 0 unspecified atom stereocenters. The summed E-state index contributed by atoms with van der Waals surface area (Å²) in [6.45, 7) is 8.74. The third-order valence-corrected chi connectivity index (χ3v) is 4.99. The maximum atomic E-state index is 12.3. The normalized spacial score (nSPS) is 15.4. The molecule has 0 aliphatic carbocycles. The molecule has 140 valence electrons. The van der Waals surface area contributed by atoms with Crippen molar-refractivity contribution in [3.63, 3.8) is 0 Å². The number of piperazine rings is 1. The minimum Gasteiger partial charge on any atom is -0.444 e. The van der Waals surface area contributed by atoms with Crippen LogP contribution in [0.5, 0.6) is 0 Å². The summed E-state index contributed by atoms with van der Waals surface area (Å²) in [6, 6.07) is 13.1. The van der Waals surface area contributed by atoms with E-state index in [0.717, 1.165) is 24.8 Å². The second kappa shape index (κ2) is 7.87. The molecule has 1 fully saturated rings. The van der Waals surface area contributed by atoms with Crippen LogP contribution in [0.15, 0.2) is 36.4 Å². The first-order chi connectivity index (χ1) is 12.4. The minimum atomic E-state index is -0.447. The molecule has 2 aromatic carbocycles. The number of rotatable bonds is 3. The number of carbonyl (C=O) groups is 1. The van der Waals surface area contributed by atoms with Gasteiger partial charge in [-0.25, -0.2) is 4.79 Å². The first-order valence-corrected chi connectivity index (χ1v) is 10.3. The summed E-state index contributed by atoms with van der Waals surface area (Å²) in [5.41, 5.74) is 2.16. The second-order valence-electron chi connectivity index (χ2n) is 7.72. The standard InChI is InChI=1S/C21H27BrN2O2/c1-21(2,3)26-20(25)24-12-10-23(11-13-24)18-14-16-6-4-5-7-19(16)17(15-18)8-9-22/h4-7,14-15H,8-13H2,1-3H3. The van der Waals surface area contributed by atoms with Gasteiger partial charge < -0.3 is 14.5 Å². The largest absolute Gasteiger partial charge is 0.444 e. The van der Waals surface area contributed by atoms with Crippen molar-refractivity contribution in [1.29, 1.82) is 0 Å². The Balaban J connectivity index is 1.74. The summed E-state index contributed by atoms with van der Waals surface area (Å²) in [7, 11) is 0. The van der Waals surface area contributed by atoms with Gasteiger partial charge in [0.25, 0.3) is 0 Å². The Hall–Kier alpha value is -1.75. The summed E-state index contributed by atoms with van der Waals surface area (Å²) in [5, 5.41) is 3.55. The summed E-state index contributed by atoms with van der Waals surface area (Å²) in [5.74, 6) is 0. The predicted octanol–water partition coefficient (Wildman–Crippen LogP) is 4.83. The molecular weight excluding hydrogens is 392 g/mol. The van der Waals surface area contributed by atoms with Gasteiger partial charge in [-0.1, -0.05) is 40.2 Å². The van der Waals surface area contributed by atoms with E-state index in [1.165, 1.54) is 22.0 Å². The second-order valence-corrected chi connectivity index (χ2v) is 8.51. The molecule has 0 atom stereocenters. The van der Waals surface area contributed by atoms with E-state index in [0.29, 0.717) is 13.1 Å². The number of alkyl halides is 1. The SMILES string of the molecule is CC(C)(C)OC(=O)N1CCN(c2cc(CCBr)c3ccccc3c2)CC1. The fourth-order valence-electron chi connectivity index (χ4n) is 3.34. The average Bonchev–Trinajstić information content (AvgIpc) is 2.60. The number of nitrogens with zero attached hydrogens (tertiary/aromatic N) is 2. The lowest BCUT2D eigenvalue weighted by Gasteiger charge is -2.37. The van der Waals surface area contributed by atoms with Gasteiger partial charge in [-0.05, 0) is 55.7 Å². The topological polar surface area (TPSA) is 32.8 Å². The fraction of sp³-hybridized carbons (Fsp3) is 0.476. The Morgan fingerprint density at radius 2 is 1.81 bits per heavy atom. The molecule has 0 bridgehead atoms. The third-order valence-electron chi connectivity index (χ3n) is 4.59. The van der Waals surface area contributed by atoms with Crippen molar-refractivity contribution in [2.75, 3.05) is 36.4 Å². The van der Waals surface area contributed by atoms with Crippen molar-refractivity contribution < 1.29 is 9.53 Å². The highest BCUT2D eigenvalue weighted by molar-refractivity contribution is 9.09. The van der Waals surface area contributed by atoms with Gasteiger partial charge >= 0.3 is 6.09 Å². The number of halogens is 1. The summed E-state index contributed by atoms with van der Waals surface area (Å²) in [6.07, 6.45) is 0.794. The predicted molar refractivity (Wildman–Crippen MR) is 111 cm³/mol. The lowest BCUT2D eigenvalue weighted by molar-refractivity contribution is 0.0240. The number of benzene rings is 2. The van der Waals surface area contributed by atoms with Gasteiger partial charge in [-0.2, -0.15) is 0 Å². The Morgan fingerprint density at radius 1 is 1.12 bits per heavy atom. The zero-order valence-corrected chi connectivity index (χ0v) is 17.4. The number of anilines is 1. The third kappa shape index (κ3) is 4.50. The molecule has 26 heavy (non-hydrogen) atoms. The molecule has 3 rings (SSSR count). The van der Waals surface area contributed by atoms with Gasteiger partial charge in [-0.3, -0.25) is 0 Å². The average molecular weight is 419 g/mol. The molecule has 1 saturated heterocycles. The van der Waals surface area contributed by atoms with Crippen LogP contribution in [0.25, 0.3) is 10.8 Å². The molecule has 1 aliphatic heterocycles. The van der Waals surface area contributed by atoms with E-state index >= 15 is 0 Å². The van der Waals surface area contributed by atoms with Crippen molar-refractivity contribution in [3.05, 3.63) is 42.0 Å². The number of hydrogen-bond donors (Lipinski definition) is 0. The first-order valence-electron chi connectivity index (χ1n) is 9.18. The smallest absolute Gasteiger partial charge is 0.410 e. The number of hydrogen-bond acceptors (Lipinski definition) is 3. The Labute approximate surface area is 164 Å². The highest BCUT2D eigenvalue weighted by atomic mass is 79.9. The van der Waals surface area contributed by atoms with Crippen LogP contribution in [0, 0.1) is 0 Å². The van der Waals surface area contributed by atoms with E-state index in [-0.39, 0.29) is 6.09 Å². The lowest BCUT2D eigenvalue weighted by atomic mass is 10.0. The van der Waals surface area contributed by atoms with Gasteiger partial charge in [-0.15, -0.1) is 0 Å². The maximum absolute atomic E-state index is 12.3. The number of fused-ring (bicyclic) bond motifs is 1. The first kappa shape index (κ1) is 19.0. The van der Waals surface area contributed by atoms with E-state index in [9.17, 15) is 4.79 Å². The Morgan fingerprint density at radius 3 is 2.46 bits per heavy atom. The van der Waals surface area contributed by atoms with Gasteiger partial charge in [0.05, 0.1) is 0 Å². The van der Waals surface area contributed by atoms with Crippen molar-refractivity contribution in [3.8, 4) is 0 Å². The van der Waals surface area contributed by atoms with Crippen LogP contribution >= 0.6 is 15.9 Å². The molecule has 0 spiro atoms. The summed E-state index contributed by atoms with van der Waals surface area (Å²) >= 11 is 3.57. The molecule has 5 heteroatoms. The van der Waals surface area contributed by atoms with E-state index < -0.39 is 5.60 Å². The number of ether oxygens (including phenoxy) is 1. The molecule has 0 radical (unpaired) electrons. The van der Waals surface area contributed by atoms with E-state index in [2.05, 4.69) is 57.2 Å². The van der Waals surface area contributed by atoms with Crippen LogP contribution in [0.4, 0.5) is 10.5 Å². The van der Waals surface area contributed by atoms with Crippen molar-refractivity contribution in [2.45, 2.75) is 32.8 Å². The highest BCUT2D eigenvalue weighted by Gasteiger charge is 2.26. The zero-order valence-electron chi connectivity index (χ0n) is 15.8. The Bertz CT molecular complexity index is 777.